The number of aryl methyl sites for hydroxylation is 1. The zero-order valence-corrected chi connectivity index (χ0v) is 10.9. The van der Waals surface area contributed by atoms with Crippen LogP contribution in [0.3, 0.4) is 0 Å². The van der Waals surface area contributed by atoms with Gasteiger partial charge in [-0.15, -0.1) is 0 Å². The van der Waals surface area contributed by atoms with Crippen molar-refractivity contribution in [3.63, 3.8) is 0 Å². The largest absolute Gasteiger partial charge is 0.297 e. The van der Waals surface area contributed by atoms with E-state index in [1.54, 1.807) is 4.57 Å². The molecule has 5 heteroatoms. The van der Waals surface area contributed by atoms with Crippen molar-refractivity contribution in [3.8, 4) is 0 Å². The summed E-state index contributed by atoms with van der Waals surface area (Å²) in [4.78, 5) is 16.8. The zero-order chi connectivity index (χ0) is 12.7. The summed E-state index contributed by atoms with van der Waals surface area (Å²) in [5.41, 5.74) is 1.65. The maximum absolute atomic E-state index is 12.5. The van der Waals surface area contributed by atoms with Crippen LogP contribution < -0.4 is 10.9 Å². The van der Waals surface area contributed by atoms with E-state index in [1.165, 1.54) is 0 Å². The molecule has 1 aromatic carbocycles. The van der Waals surface area contributed by atoms with Crippen molar-refractivity contribution in [2.75, 3.05) is 6.54 Å². The molecule has 1 aliphatic heterocycles. The molecule has 1 aliphatic rings. The smallest absolute Gasteiger partial charge is 0.263 e. The highest BCUT2D eigenvalue weighted by molar-refractivity contribution is 6.28. The summed E-state index contributed by atoms with van der Waals surface area (Å²) in [6.45, 7) is 2.88. The minimum Gasteiger partial charge on any atom is -0.297 e. The Hall–Kier alpha value is -1.39. The molecule has 0 saturated carbocycles. The number of halogens is 1. The van der Waals surface area contributed by atoms with Gasteiger partial charge in [-0.05, 0) is 50.0 Å². The summed E-state index contributed by atoms with van der Waals surface area (Å²) >= 11 is 6.14. The third-order valence-electron chi connectivity index (χ3n) is 3.36. The molecule has 3 rings (SSSR count). The molecule has 1 saturated heterocycles. The number of hydrogen-bond acceptors (Lipinski definition) is 3. The molecule has 1 aromatic heterocycles. The Labute approximate surface area is 110 Å². The van der Waals surface area contributed by atoms with Crippen molar-refractivity contribution >= 4 is 22.5 Å². The summed E-state index contributed by atoms with van der Waals surface area (Å²) in [6, 6.07) is 5.64. The van der Waals surface area contributed by atoms with Crippen LogP contribution in [0.1, 0.15) is 24.6 Å². The van der Waals surface area contributed by atoms with Crippen molar-refractivity contribution < 1.29 is 0 Å². The number of aromatic nitrogens is 2. The molecule has 2 heterocycles. The molecule has 18 heavy (non-hydrogen) atoms. The molecule has 0 aliphatic carbocycles. The predicted octanol–water partition coefficient (Wildman–Crippen LogP) is 2.24. The number of nitrogens with zero attached hydrogens (tertiary/aromatic N) is 2. The van der Waals surface area contributed by atoms with Crippen LogP contribution in [0.2, 0.25) is 5.28 Å². The van der Waals surface area contributed by atoms with Crippen LogP contribution in [0, 0.1) is 6.92 Å². The van der Waals surface area contributed by atoms with Crippen molar-refractivity contribution in [3.05, 3.63) is 39.4 Å². The van der Waals surface area contributed by atoms with Crippen LogP contribution in [0.25, 0.3) is 10.9 Å². The lowest BCUT2D eigenvalue weighted by Gasteiger charge is -2.16. The van der Waals surface area contributed by atoms with Crippen LogP contribution in [-0.4, -0.2) is 16.1 Å². The van der Waals surface area contributed by atoms with Crippen molar-refractivity contribution in [1.29, 1.82) is 0 Å². The summed E-state index contributed by atoms with van der Waals surface area (Å²) in [7, 11) is 0. The van der Waals surface area contributed by atoms with Gasteiger partial charge in [0.2, 0.25) is 5.28 Å². The first-order valence-corrected chi connectivity index (χ1v) is 6.46. The topological polar surface area (TPSA) is 46.9 Å². The Kier molecular flexibility index (Phi) is 2.84. The summed E-state index contributed by atoms with van der Waals surface area (Å²) in [5, 5.41) is 4.16. The lowest BCUT2D eigenvalue weighted by atomic mass is 10.1. The van der Waals surface area contributed by atoms with Gasteiger partial charge in [0.25, 0.3) is 5.56 Å². The lowest BCUT2D eigenvalue weighted by molar-refractivity contribution is 0.453. The fourth-order valence-corrected chi connectivity index (χ4v) is 2.73. The molecule has 1 atom stereocenters. The van der Waals surface area contributed by atoms with Crippen molar-refractivity contribution in [1.82, 2.24) is 14.9 Å². The van der Waals surface area contributed by atoms with E-state index in [1.807, 2.05) is 25.1 Å². The average molecular weight is 264 g/mol. The highest BCUT2D eigenvalue weighted by Gasteiger charge is 2.21. The number of hydrogen-bond donors (Lipinski definition) is 1. The number of nitrogens with one attached hydrogen (secondary N) is 1. The number of fused-ring (bicyclic) bond motifs is 1. The molecule has 1 fully saturated rings. The van der Waals surface area contributed by atoms with Gasteiger partial charge in [-0.2, -0.15) is 0 Å². The summed E-state index contributed by atoms with van der Waals surface area (Å²) in [5.74, 6) is 0. The first-order valence-electron chi connectivity index (χ1n) is 6.08. The van der Waals surface area contributed by atoms with Gasteiger partial charge in [0, 0.05) is 0 Å². The van der Waals surface area contributed by atoms with Gasteiger partial charge in [-0.3, -0.25) is 14.7 Å². The standard InChI is InChI=1S/C13H14ClN3O/c1-8-4-5-10-9(7-8)12(18)17(13(14)16-10)11-3-2-6-15-11/h4-5,7,11,15H,2-3,6H2,1H3. The molecule has 0 radical (unpaired) electrons. The van der Waals surface area contributed by atoms with Gasteiger partial charge in [-0.1, -0.05) is 11.6 Å². The predicted molar refractivity (Wildman–Crippen MR) is 72.0 cm³/mol. The first kappa shape index (κ1) is 11.7. The second kappa shape index (κ2) is 4.37. The Morgan fingerprint density at radius 1 is 1.50 bits per heavy atom. The van der Waals surface area contributed by atoms with Crippen LogP contribution in [-0.2, 0) is 0 Å². The fourth-order valence-electron chi connectivity index (χ4n) is 2.44. The Balaban J connectivity index is 2.28. The van der Waals surface area contributed by atoms with E-state index < -0.39 is 0 Å². The van der Waals surface area contributed by atoms with Crippen molar-refractivity contribution in [2.45, 2.75) is 25.9 Å². The molecule has 2 aromatic rings. The Bertz CT molecular complexity index is 659. The van der Waals surface area contributed by atoms with Gasteiger partial charge in [-0.25, -0.2) is 4.98 Å². The van der Waals surface area contributed by atoms with Gasteiger partial charge in [0.05, 0.1) is 17.1 Å². The van der Waals surface area contributed by atoms with E-state index in [-0.39, 0.29) is 17.0 Å². The minimum atomic E-state index is -0.0619. The normalized spacial score (nSPS) is 19.6. The molecule has 0 bridgehead atoms. The van der Waals surface area contributed by atoms with Crippen LogP contribution in [0.5, 0.6) is 0 Å². The van der Waals surface area contributed by atoms with Gasteiger partial charge in [0.1, 0.15) is 0 Å². The van der Waals surface area contributed by atoms with E-state index in [2.05, 4.69) is 10.3 Å². The second-order valence-electron chi connectivity index (χ2n) is 4.69. The van der Waals surface area contributed by atoms with Gasteiger partial charge in [0.15, 0.2) is 0 Å². The maximum atomic E-state index is 12.5. The van der Waals surface area contributed by atoms with E-state index in [4.69, 9.17) is 11.6 Å². The molecule has 0 spiro atoms. The highest BCUT2D eigenvalue weighted by Crippen LogP contribution is 2.21. The lowest BCUT2D eigenvalue weighted by Crippen LogP contribution is -2.31. The first-order chi connectivity index (χ1) is 8.66. The maximum Gasteiger partial charge on any atom is 0.263 e. The summed E-state index contributed by atoms with van der Waals surface area (Å²) in [6.07, 6.45) is 1.94. The van der Waals surface area contributed by atoms with Crippen molar-refractivity contribution in [2.24, 2.45) is 0 Å². The average Bonchev–Trinajstić information content (AvgIpc) is 2.84. The molecular weight excluding hydrogens is 250 g/mol. The van der Waals surface area contributed by atoms with E-state index in [0.717, 1.165) is 24.9 Å². The van der Waals surface area contributed by atoms with Gasteiger partial charge < -0.3 is 0 Å². The number of rotatable bonds is 1. The van der Waals surface area contributed by atoms with E-state index >= 15 is 0 Å². The molecule has 94 valence electrons. The fraction of sp³-hybridized carbons (Fsp3) is 0.385. The molecular formula is C13H14ClN3O. The van der Waals surface area contributed by atoms with Crippen LogP contribution in [0.4, 0.5) is 0 Å². The Morgan fingerprint density at radius 2 is 2.33 bits per heavy atom. The van der Waals surface area contributed by atoms with Gasteiger partial charge >= 0.3 is 0 Å². The highest BCUT2D eigenvalue weighted by atomic mass is 35.5. The zero-order valence-electron chi connectivity index (χ0n) is 10.1. The van der Waals surface area contributed by atoms with Crippen LogP contribution in [0.15, 0.2) is 23.0 Å². The molecule has 0 amide bonds. The third-order valence-corrected chi connectivity index (χ3v) is 3.63. The van der Waals surface area contributed by atoms with E-state index in [9.17, 15) is 4.79 Å². The molecule has 1 N–H and O–H groups in total. The minimum absolute atomic E-state index is 0.0255. The SMILES string of the molecule is Cc1ccc2nc(Cl)n(C3CCCN3)c(=O)c2c1. The second-order valence-corrected chi connectivity index (χ2v) is 5.03. The summed E-state index contributed by atoms with van der Waals surface area (Å²) < 4.78 is 1.57. The monoisotopic (exact) mass is 263 g/mol. The molecule has 4 nitrogen and oxygen atoms in total. The van der Waals surface area contributed by atoms with Crippen LogP contribution >= 0.6 is 11.6 Å². The third kappa shape index (κ3) is 1.82. The number of benzene rings is 1. The Morgan fingerprint density at radius 3 is 3.06 bits per heavy atom. The quantitative estimate of drug-likeness (QED) is 0.803. The molecule has 1 unspecified atom stereocenters. The van der Waals surface area contributed by atoms with E-state index in [0.29, 0.717) is 10.9 Å².